The van der Waals surface area contributed by atoms with E-state index in [1.807, 2.05) is 19.1 Å². The summed E-state index contributed by atoms with van der Waals surface area (Å²) in [7, 11) is 0. The number of aryl methyl sites for hydroxylation is 1. The van der Waals surface area contributed by atoms with Crippen molar-refractivity contribution >= 4 is 36.0 Å². The van der Waals surface area contributed by atoms with Gasteiger partial charge in [0.25, 0.3) is 0 Å². The minimum atomic E-state index is -0.0706. The molecule has 0 spiro atoms. The first-order valence-corrected chi connectivity index (χ1v) is 11.7. The van der Waals surface area contributed by atoms with E-state index in [0.29, 0.717) is 10.0 Å². The van der Waals surface area contributed by atoms with E-state index in [0.717, 1.165) is 36.9 Å². The predicted molar refractivity (Wildman–Crippen MR) is 127 cm³/mol. The van der Waals surface area contributed by atoms with Gasteiger partial charge in [0.15, 0.2) is 0 Å². The third-order valence-electron chi connectivity index (χ3n) is 6.11. The van der Waals surface area contributed by atoms with Gasteiger partial charge in [-0.05, 0) is 42.4 Å². The Bertz CT molecular complexity index is 710. The molecule has 1 aromatic carbocycles. The van der Waals surface area contributed by atoms with Gasteiger partial charge in [0.1, 0.15) is 0 Å². The smallest absolute Gasteiger partial charge is 0.451 e. The molecule has 0 bridgehead atoms. The second-order valence-electron chi connectivity index (χ2n) is 8.44. The molecule has 31 heavy (non-hydrogen) atoms. The van der Waals surface area contributed by atoms with E-state index in [2.05, 4.69) is 28.7 Å². The Morgan fingerprint density at radius 3 is 2.16 bits per heavy atom. The number of carbonyl (C=O) groups excluding carboxylic acids is 1. The standard InChI is InChI=1S/C15H19Cl2NO.C5H10.C4H5N2.Na/c1-10-5-6-11(16)13(17)12(10)14(18-9-19)15(2)7-3-4-8-15;1-2-4-5-3-1;1-2-5-4-6-3-1;/h5-6,9,14H,3-4,7-8H2,1-2H3,(H,18,19);1-5H2;1,4H,2H2,(H,5,6);/q;;-1;+1. The Labute approximate surface area is 219 Å². The second-order valence-corrected chi connectivity index (χ2v) is 9.22. The number of hydrogen-bond acceptors (Lipinski definition) is 3. The van der Waals surface area contributed by atoms with Gasteiger partial charge in [0.2, 0.25) is 6.41 Å². The van der Waals surface area contributed by atoms with Gasteiger partial charge < -0.3 is 15.6 Å². The zero-order chi connectivity index (χ0) is 21.8. The normalized spacial score (nSPS) is 19.0. The van der Waals surface area contributed by atoms with Crippen LogP contribution in [-0.4, -0.2) is 19.3 Å². The monoisotopic (exact) mass is 473 g/mol. The first kappa shape index (κ1) is 28.5. The van der Waals surface area contributed by atoms with Crippen LogP contribution >= 0.6 is 23.2 Å². The molecule has 2 aliphatic carbocycles. The van der Waals surface area contributed by atoms with E-state index in [4.69, 9.17) is 23.2 Å². The van der Waals surface area contributed by atoms with Crippen molar-refractivity contribution in [3.8, 4) is 0 Å². The van der Waals surface area contributed by atoms with Gasteiger partial charge in [-0.2, -0.15) is 6.20 Å². The molecule has 0 saturated heterocycles. The van der Waals surface area contributed by atoms with Crippen LogP contribution in [0.3, 0.4) is 0 Å². The number of rotatable bonds is 4. The Hall–Kier alpha value is -0.520. The number of carbonyl (C=O) groups is 1. The molecule has 4 rings (SSSR count). The van der Waals surface area contributed by atoms with Gasteiger partial charge in [-0.3, -0.25) is 4.79 Å². The number of nitrogens with one attached hydrogen (secondary N) is 2. The Morgan fingerprint density at radius 2 is 1.74 bits per heavy atom. The molecule has 4 nitrogen and oxygen atoms in total. The molecule has 2 saturated carbocycles. The van der Waals surface area contributed by atoms with E-state index in [9.17, 15) is 4.79 Å². The molecule has 2 fully saturated rings. The van der Waals surface area contributed by atoms with Gasteiger partial charge in [-0.25, -0.2) is 0 Å². The fourth-order valence-corrected chi connectivity index (χ4v) is 4.85. The van der Waals surface area contributed by atoms with Crippen molar-refractivity contribution in [2.75, 3.05) is 6.54 Å². The number of halogens is 2. The molecule has 2 N–H and O–H groups in total. The summed E-state index contributed by atoms with van der Waals surface area (Å²) in [6.45, 7) is 5.09. The maximum Gasteiger partial charge on any atom is 1.00 e. The summed E-state index contributed by atoms with van der Waals surface area (Å²) >= 11 is 12.5. The van der Waals surface area contributed by atoms with Crippen molar-refractivity contribution in [2.24, 2.45) is 10.4 Å². The molecule has 1 aromatic rings. The van der Waals surface area contributed by atoms with Gasteiger partial charge in [0, 0.05) is 6.54 Å². The van der Waals surface area contributed by atoms with Crippen molar-refractivity contribution < 1.29 is 34.4 Å². The van der Waals surface area contributed by atoms with Crippen LogP contribution in [0, 0.1) is 18.5 Å². The summed E-state index contributed by atoms with van der Waals surface area (Å²) in [5, 5.41) is 6.95. The van der Waals surface area contributed by atoms with Crippen LogP contribution in [0.1, 0.15) is 81.9 Å². The van der Waals surface area contributed by atoms with Crippen LogP contribution in [0.4, 0.5) is 0 Å². The Kier molecular flexibility index (Phi) is 14.1. The van der Waals surface area contributed by atoms with E-state index in [1.165, 1.54) is 44.9 Å². The molecule has 0 aromatic heterocycles. The summed E-state index contributed by atoms with van der Waals surface area (Å²) in [5.41, 5.74) is 2.09. The van der Waals surface area contributed by atoms with Crippen molar-refractivity contribution in [1.82, 2.24) is 10.6 Å². The van der Waals surface area contributed by atoms with E-state index < -0.39 is 0 Å². The molecule has 1 amide bonds. The van der Waals surface area contributed by atoms with E-state index >= 15 is 0 Å². The molecule has 7 heteroatoms. The molecule has 3 aliphatic rings. The second kappa shape index (κ2) is 15.3. The predicted octanol–water partition coefficient (Wildman–Crippen LogP) is 3.56. The SMILES string of the molecule is C1CCCC1.Cc1ccc(Cl)c(Cl)c1C(NC=O)C1(C)CCCC1.[C-]1=CCNC=N1.[Na+]. The maximum atomic E-state index is 11.0. The third kappa shape index (κ3) is 9.09. The van der Waals surface area contributed by atoms with Gasteiger partial charge in [-0.1, -0.05) is 87.5 Å². The molecular weight excluding hydrogens is 440 g/mol. The molecule has 166 valence electrons. The summed E-state index contributed by atoms with van der Waals surface area (Å²) in [4.78, 5) is 14.6. The van der Waals surface area contributed by atoms with Crippen molar-refractivity contribution in [2.45, 2.75) is 77.7 Å². The maximum absolute atomic E-state index is 11.0. The Morgan fingerprint density at radius 1 is 1.13 bits per heavy atom. The number of aliphatic imine (C=N–C) groups is 1. The average molecular weight is 474 g/mol. The fourth-order valence-electron chi connectivity index (χ4n) is 4.37. The number of benzene rings is 1. The molecule has 1 heterocycles. The van der Waals surface area contributed by atoms with E-state index in [1.54, 1.807) is 12.4 Å². The van der Waals surface area contributed by atoms with Gasteiger partial charge in [-0.15, -0.1) is 6.08 Å². The zero-order valence-electron chi connectivity index (χ0n) is 19.1. The minimum Gasteiger partial charge on any atom is -0.451 e. The van der Waals surface area contributed by atoms with Gasteiger partial charge in [0.05, 0.1) is 16.1 Å². The first-order chi connectivity index (χ1) is 14.5. The first-order valence-electron chi connectivity index (χ1n) is 11.0. The minimum absolute atomic E-state index is 0. The Balaban J connectivity index is 0.000000325. The van der Waals surface area contributed by atoms with Crippen LogP contribution in [0.25, 0.3) is 0 Å². The molecule has 1 atom stereocenters. The fraction of sp³-hybridized carbons (Fsp3) is 0.583. The van der Waals surface area contributed by atoms with Crippen LogP contribution in [-0.2, 0) is 4.79 Å². The van der Waals surface area contributed by atoms with Gasteiger partial charge >= 0.3 is 29.6 Å². The molecule has 1 unspecified atom stereocenters. The summed E-state index contributed by atoms with van der Waals surface area (Å²) < 4.78 is 0. The summed E-state index contributed by atoms with van der Waals surface area (Å²) in [5.74, 6) is 0. The molecule has 1 aliphatic heterocycles. The summed E-state index contributed by atoms with van der Waals surface area (Å²) in [6, 6.07) is 3.69. The van der Waals surface area contributed by atoms with Crippen molar-refractivity contribution in [1.29, 1.82) is 0 Å². The van der Waals surface area contributed by atoms with Crippen LogP contribution in [0.2, 0.25) is 10.0 Å². The number of hydrogen-bond donors (Lipinski definition) is 2. The quantitative estimate of drug-likeness (QED) is 0.399. The third-order valence-corrected chi connectivity index (χ3v) is 6.93. The average Bonchev–Trinajstić information content (AvgIpc) is 3.48. The largest absolute Gasteiger partial charge is 1.00 e. The van der Waals surface area contributed by atoms with Crippen LogP contribution in [0.5, 0.6) is 0 Å². The number of nitrogens with zero attached hydrogens (tertiary/aromatic N) is 1. The summed E-state index contributed by atoms with van der Waals surface area (Å²) in [6.07, 6.45) is 19.0. The van der Waals surface area contributed by atoms with Crippen LogP contribution in [0.15, 0.2) is 23.2 Å². The number of amides is 1. The van der Waals surface area contributed by atoms with Crippen molar-refractivity contribution in [3.63, 3.8) is 0 Å². The van der Waals surface area contributed by atoms with Crippen LogP contribution < -0.4 is 40.2 Å². The molecule has 0 radical (unpaired) electrons. The van der Waals surface area contributed by atoms with E-state index in [-0.39, 0.29) is 41.0 Å². The molecular formula is C24H34Cl2N3NaO. The van der Waals surface area contributed by atoms with Crippen molar-refractivity contribution in [3.05, 3.63) is 45.6 Å². The topological polar surface area (TPSA) is 53.5 Å². The zero-order valence-corrected chi connectivity index (χ0v) is 22.7.